The molecule has 12 heavy (non-hydrogen) atoms. The van der Waals surface area contributed by atoms with Crippen molar-refractivity contribution in [3.63, 3.8) is 0 Å². The van der Waals surface area contributed by atoms with Gasteiger partial charge in [-0.05, 0) is 33.1 Å². The Morgan fingerprint density at radius 3 is 2.67 bits per heavy atom. The normalized spacial score (nSPS) is 45.8. The van der Waals surface area contributed by atoms with Gasteiger partial charge in [-0.15, -0.1) is 0 Å². The first-order valence-electron chi connectivity index (χ1n) is 4.70. The monoisotopic (exact) mass is 171 g/mol. The van der Waals surface area contributed by atoms with Gasteiger partial charge < -0.3 is 15.2 Å². The highest BCUT2D eigenvalue weighted by Gasteiger charge is 2.45. The van der Waals surface area contributed by atoms with E-state index in [1.54, 1.807) is 0 Å². The summed E-state index contributed by atoms with van der Waals surface area (Å²) in [5.41, 5.74) is 5.94. The van der Waals surface area contributed by atoms with Crippen LogP contribution in [0.5, 0.6) is 0 Å². The van der Waals surface area contributed by atoms with E-state index in [2.05, 4.69) is 0 Å². The zero-order valence-corrected chi connectivity index (χ0v) is 7.75. The first-order chi connectivity index (χ1) is 5.58. The second-order valence-corrected chi connectivity index (χ2v) is 4.23. The van der Waals surface area contributed by atoms with E-state index < -0.39 is 5.79 Å². The van der Waals surface area contributed by atoms with Crippen molar-refractivity contribution in [2.45, 2.75) is 57.1 Å². The Labute approximate surface area is 73.2 Å². The number of rotatable bonds is 0. The average molecular weight is 171 g/mol. The van der Waals surface area contributed by atoms with Crippen molar-refractivity contribution in [3.05, 3.63) is 0 Å². The standard InChI is InChI=1S/C9H17NO2/c1-9(2)11-7-5-3-4-6(10)8(7)12-9/h6-8H,3-5,10H2,1-2H3/t6-,7-,8+/m1/s1. The molecule has 0 aromatic carbocycles. The van der Waals surface area contributed by atoms with Gasteiger partial charge in [0.1, 0.15) is 6.10 Å². The van der Waals surface area contributed by atoms with Crippen LogP contribution in [0.4, 0.5) is 0 Å². The van der Waals surface area contributed by atoms with Crippen molar-refractivity contribution >= 4 is 0 Å². The summed E-state index contributed by atoms with van der Waals surface area (Å²) in [7, 11) is 0. The molecule has 3 nitrogen and oxygen atoms in total. The summed E-state index contributed by atoms with van der Waals surface area (Å²) in [6, 6.07) is 0.172. The van der Waals surface area contributed by atoms with Crippen LogP contribution in [0.1, 0.15) is 33.1 Å². The van der Waals surface area contributed by atoms with Gasteiger partial charge in [0.2, 0.25) is 0 Å². The van der Waals surface area contributed by atoms with Crippen LogP contribution in [0.15, 0.2) is 0 Å². The molecule has 1 saturated heterocycles. The SMILES string of the molecule is CC1(C)O[C@H]2[C@H](N)CCC[C@H]2O1. The van der Waals surface area contributed by atoms with Crippen LogP contribution in [-0.2, 0) is 9.47 Å². The smallest absolute Gasteiger partial charge is 0.163 e. The number of nitrogens with two attached hydrogens (primary N) is 1. The predicted molar refractivity (Wildman–Crippen MR) is 45.7 cm³/mol. The summed E-state index contributed by atoms with van der Waals surface area (Å²) in [5.74, 6) is -0.419. The molecule has 3 heteroatoms. The van der Waals surface area contributed by atoms with Crippen LogP contribution in [0.2, 0.25) is 0 Å². The third-order valence-corrected chi connectivity index (χ3v) is 2.67. The van der Waals surface area contributed by atoms with Crippen molar-refractivity contribution in [3.8, 4) is 0 Å². The minimum atomic E-state index is -0.419. The molecule has 0 bridgehead atoms. The molecule has 1 aliphatic carbocycles. The summed E-state index contributed by atoms with van der Waals surface area (Å²) >= 11 is 0. The molecule has 0 unspecified atom stereocenters. The third kappa shape index (κ3) is 1.37. The lowest BCUT2D eigenvalue weighted by molar-refractivity contribution is -0.146. The molecule has 1 heterocycles. The van der Waals surface area contributed by atoms with Crippen molar-refractivity contribution in [1.29, 1.82) is 0 Å². The van der Waals surface area contributed by atoms with Crippen molar-refractivity contribution in [2.75, 3.05) is 0 Å². The highest BCUT2D eigenvalue weighted by molar-refractivity contribution is 4.92. The van der Waals surface area contributed by atoms with E-state index in [0.717, 1.165) is 12.8 Å². The molecule has 0 aromatic rings. The van der Waals surface area contributed by atoms with E-state index in [0.29, 0.717) is 0 Å². The van der Waals surface area contributed by atoms with Gasteiger partial charge in [0, 0.05) is 6.04 Å². The van der Waals surface area contributed by atoms with Gasteiger partial charge in [-0.25, -0.2) is 0 Å². The van der Waals surface area contributed by atoms with E-state index in [4.69, 9.17) is 15.2 Å². The Morgan fingerprint density at radius 1 is 1.25 bits per heavy atom. The van der Waals surface area contributed by atoms with Gasteiger partial charge in [-0.1, -0.05) is 0 Å². The molecule has 0 amide bonds. The maximum absolute atomic E-state index is 5.94. The van der Waals surface area contributed by atoms with Crippen LogP contribution in [-0.4, -0.2) is 24.0 Å². The van der Waals surface area contributed by atoms with E-state index in [-0.39, 0.29) is 18.2 Å². The Bertz CT molecular complexity index is 181. The Kier molecular flexibility index (Phi) is 1.90. The highest BCUT2D eigenvalue weighted by Crippen LogP contribution is 2.35. The first-order valence-corrected chi connectivity index (χ1v) is 4.70. The van der Waals surface area contributed by atoms with Gasteiger partial charge >= 0.3 is 0 Å². The molecule has 3 atom stereocenters. The molecule has 0 radical (unpaired) electrons. The topological polar surface area (TPSA) is 44.5 Å². The first kappa shape index (κ1) is 8.48. The minimum Gasteiger partial charge on any atom is -0.345 e. The fourth-order valence-electron chi connectivity index (χ4n) is 2.17. The molecular weight excluding hydrogens is 154 g/mol. The lowest BCUT2D eigenvalue weighted by atomic mass is 9.91. The van der Waals surface area contributed by atoms with Crippen molar-refractivity contribution in [1.82, 2.24) is 0 Å². The number of fused-ring (bicyclic) bond motifs is 1. The Morgan fingerprint density at radius 2 is 2.00 bits per heavy atom. The quantitative estimate of drug-likeness (QED) is 0.591. The molecule has 2 N–H and O–H groups in total. The lowest BCUT2D eigenvalue weighted by Crippen LogP contribution is -2.44. The van der Waals surface area contributed by atoms with Crippen LogP contribution >= 0.6 is 0 Å². The molecule has 1 aliphatic heterocycles. The maximum atomic E-state index is 5.94. The van der Waals surface area contributed by atoms with E-state index >= 15 is 0 Å². The second-order valence-electron chi connectivity index (χ2n) is 4.23. The van der Waals surface area contributed by atoms with Gasteiger partial charge in [-0.2, -0.15) is 0 Å². The largest absolute Gasteiger partial charge is 0.345 e. The molecule has 1 saturated carbocycles. The van der Waals surface area contributed by atoms with Crippen molar-refractivity contribution < 1.29 is 9.47 Å². The predicted octanol–water partition coefficient (Wildman–Crippen LogP) is 1.02. The summed E-state index contributed by atoms with van der Waals surface area (Å²) in [5, 5.41) is 0. The summed E-state index contributed by atoms with van der Waals surface area (Å²) in [6.45, 7) is 3.91. The summed E-state index contributed by atoms with van der Waals surface area (Å²) in [6.07, 6.45) is 3.71. The number of hydrogen-bond acceptors (Lipinski definition) is 3. The number of hydrogen-bond donors (Lipinski definition) is 1. The Hall–Kier alpha value is -0.120. The molecule has 0 aromatic heterocycles. The van der Waals surface area contributed by atoms with Crippen LogP contribution in [0, 0.1) is 0 Å². The van der Waals surface area contributed by atoms with Crippen LogP contribution < -0.4 is 5.73 Å². The fourth-order valence-corrected chi connectivity index (χ4v) is 2.17. The molecule has 0 spiro atoms. The molecule has 2 aliphatic rings. The van der Waals surface area contributed by atoms with Gasteiger partial charge in [-0.3, -0.25) is 0 Å². The summed E-state index contributed by atoms with van der Waals surface area (Å²) in [4.78, 5) is 0. The minimum absolute atomic E-state index is 0.133. The highest BCUT2D eigenvalue weighted by atomic mass is 16.8. The zero-order valence-electron chi connectivity index (χ0n) is 7.75. The summed E-state index contributed by atoms with van der Waals surface area (Å²) < 4.78 is 11.4. The van der Waals surface area contributed by atoms with Crippen LogP contribution in [0.3, 0.4) is 0 Å². The molecule has 70 valence electrons. The molecule has 2 rings (SSSR count). The lowest BCUT2D eigenvalue weighted by Gasteiger charge is -2.27. The molecular formula is C9H17NO2. The van der Waals surface area contributed by atoms with E-state index in [1.165, 1.54) is 6.42 Å². The van der Waals surface area contributed by atoms with E-state index in [9.17, 15) is 0 Å². The van der Waals surface area contributed by atoms with Crippen LogP contribution in [0.25, 0.3) is 0 Å². The van der Waals surface area contributed by atoms with Crippen molar-refractivity contribution in [2.24, 2.45) is 5.73 Å². The maximum Gasteiger partial charge on any atom is 0.163 e. The average Bonchev–Trinajstić information content (AvgIpc) is 2.25. The number of ether oxygens (including phenoxy) is 2. The Balaban J connectivity index is 2.09. The van der Waals surface area contributed by atoms with Gasteiger partial charge in [0.05, 0.1) is 6.10 Å². The zero-order chi connectivity index (χ0) is 8.77. The van der Waals surface area contributed by atoms with Gasteiger partial charge in [0.15, 0.2) is 5.79 Å². The van der Waals surface area contributed by atoms with Gasteiger partial charge in [0.25, 0.3) is 0 Å². The second kappa shape index (κ2) is 2.69. The molecule has 2 fully saturated rings. The third-order valence-electron chi connectivity index (χ3n) is 2.67. The fraction of sp³-hybridized carbons (Fsp3) is 1.00. The van der Waals surface area contributed by atoms with E-state index in [1.807, 2.05) is 13.8 Å².